The molecular formula is C18H26N2O2. The first-order chi connectivity index (χ1) is 10.5. The van der Waals surface area contributed by atoms with Gasteiger partial charge in [0.15, 0.2) is 5.78 Å². The van der Waals surface area contributed by atoms with Crippen LogP contribution in [0.1, 0.15) is 42.6 Å². The number of piperidine rings is 1. The second kappa shape index (κ2) is 7.54. The highest BCUT2D eigenvalue weighted by Gasteiger charge is 2.26. The second-order valence-electron chi connectivity index (χ2n) is 6.50. The summed E-state index contributed by atoms with van der Waals surface area (Å²) in [5, 5.41) is 2.91. The Morgan fingerprint density at radius 3 is 2.32 bits per heavy atom. The lowest BCUT2D eigenvalue weighted by molar-refractivity contribution is -0.123. The molecule has 1 aliphatic heterocycles. The fraction of sp³-hybridized carbons (Fsp3) is 0.556. The molecule has 0 aliphatic carbocycles. The summed E-state index contributed by atoms with van der Waals surface area (Å²) in [7, 11) is 0. The molecule has 4 heteroatoms. The number of carbonyl (C=O) groups is 2. The molecule has 0 spiro atoms. The molecule has 0 radical (unpaired) electrons. The number of hydrogen-bond donors (Lipinski definition) is 1. The number of rotatable bonds is 5. The molecule has 2 rings (SSSR count). The van der Waals surface area contributed by atoms with Gasteiger partial charge in [-0.1, -0.05) is 29.8 Å². The van der Waals surface area contributed by atoms with Crippen molar-refractivity contribution in [1.82, 2.24) is 10.2 Å². The van der Waals surface area contributed by atoms with E-state index in [2.05, 4.69) is 10.2 Å². The number of likely N-dealkylation sites (tertiary alicyclic amines) is 1. The van der Waals surface area contributed by atoms with E-state index in [1.54, 1.807) is 0 Å². The van der Waals surface area contributed by atoms with Gasteiger partial charge >= 0.3 is 0 Å². The molecule has 1 aliphatic rings. The van der Waals surface area contributed by atoms with E-state index in [4.69, 9.17) is 0 Å². The third-order valence-corrected chi connectivity index (χ3v) is 4.11. The van der Waals surface area contributed by atoms with Crippen LogP contribution in [-0.2, 0) is 4.79 Å². The fourth-order valence-corrected chi connectivity index (χ4v) is 2.88. The van der Waals surface area contributed by atoms with Gasteiger partial charge in [-0.05, 0) is 46.7 Å². The lowest BCUT2D eigenvalue weighted by Crippen LogP contribution is -2.44. The van der Waals surface area contributed by atoms with Crippen LogP contribution in [0.5, 0.6) is 0 Å². The highest BCUT2D eigenvalue weighted by Crippen LogP contribution is 2.21. The molecule has 1 aromatic carbocycles. The van der Waals surface area contributed by atoms with Crippen LogP contribution in [0.3, 0.4) is 0 Å². The molecule has 120 valence electrons. The molecule has 0 aromatic heterocycles. The van der Waals surface area contributed by atoms with Crippen molar-refractivity contribution in [3.63, 3.8) is 0 Å². The summed E-state index contributed by atoms with van der Waals surface area (Å²) < 4.78 is 0. The maximum Gasteiger partial charge on any atom is 0.234 e. The smallest absolute Gasteiger partial charge is 0.234 e. The Bertz CT molecular complexity index is 514. The van der Waals surface area contributed by atoms with Crippen LogP contribution >= 0.6 is 0 Å². The average Bonchev–Trinajstić information content (AvgIpc) is 2.47. The molecule has 0 unspecified atom stereocenters. The topological polar surface area (TPSA) is 49.4 Å². The summed E-state index contributed by atoms with van der Waals surface area (Å²) in [6.45, 7) is 8.01. The van der Waals surface area contributed by atoms with E-state index < -0.39 is 0 Å². The van der Waals surface area contributed by atoms with E-state index in [9.17, 15) is 9.59 Å². The molecule has 1 fully saturated rings. The Morgan fingerprint density at radius 2 is 1.77 bits per heavy atom. The van der Waals surface area contributed by atoms with Gasteiger partial charge in [-0.2, -0.15) is 0 Å². The van der Waals surface area contributed by atoms with Crippen molar-refractivity contribution in [2.75, 3.05) is 19.6 Å². The number of ketones is 1. The minimum absolute atomic E-state index is 0.0679. The molecule has 22 heavy (non-hydrogen) atoms. The summed E-state index contributed by atoms with van der Waals surface area (Å²) in [5.74, 6) is 0.400. The Morgan fingerprint density at radius 1 is 1.18 bits per heavy atom. The lowest BCUT2D eigenvalue weighted by atomic mass is 9.88. The number of benzene rings is 1. The number of nitrogens with one attached hydrogen (secondary N) is 1. The van der Waals surface area contributed by atoms with Crippen molar-refractivity contribution < 1.29 is 9.59 Å². The Labute approximate surface area is 132 Å². The van der Waals surface area contributed by atoms with E-state index in [0.29, 0.717) is 6.54 Å². The van der Waals surface area contributed by atoms with Crippen molar-refractivity contribution >= 4 is 11.7 Å². The summed E-state index contributed by atoms with van der Waals surface area (Å²) >= 11 is 0. The predicted octanol–water partition coefficient (Wildman–Crippen LogP) is 2.41. The van der Waals surface area contributed by atoms with Crippen molar-refractivity contribution in [2.24, 2.45) is 5.92 Å². The summed E-state index contributed by atoms with van der Waals surface area (Å²) in [5.41, 5.74) is 1.98. The number of aryl methyl sites for hydroxylation is 1. The molecule has 4 nitrogen and oxygen atoms in total. The zero-order valence-corrected chi connectivity index (χ0v) is 13.8. The predicted molar refractivity (Wildman–Crippen MR) is 88.0 cm³/mol. The molecule has 1 amide bonds. The maximum absolute atomic E-state index is 12.5. The highest BCUT2D eigenvalue weighted by atomic mass is 16.2. The van der Waals surface area contributed by atoms with Gasteiger partial charge in [0.25, 0.3) is 0 Å². The molecule has 1 saturated heterocycles. The average molecular weight is 302 g/mol. The van der Waals surface area contributed by atoms with E-state index in [1.165, 1.54) is 5.56 Å². The number of Topliss-reactive ketones (excluding diaryl/α,β-unsaturated/α-hetero) is 1. The van der Waals surface area contributed by atoms with Crippen LogP contribution in [-0.4, -0.2) is 42.3 Å². The largest absolute Gasteiger partial charge is 0.353 e. The van der Waals surface area contributed by atoms with E-state index in [0.717, 1.165) is 31.5 Å². The monoisotopic (exact) mass is 302 g/mol. The fourth-order valence-electron chi connectivity index (χ4n) is 2.88. The van der Waals surface area contributed by atoms with Crippen LogP contribution in [0.25, 0.3) is 0 Å². The van der Waals surface area contributed by atoms with E-state index in [-0.39, 0.29) is 23.7 Å². The molecule has 1 N–H and O–H groups in total. The van der Waals surface area contributed by atoms with Gasteiger partial charge in [-0.25, -0.2) is 0 Å². The van der Waals surface area contributed by atoms with E-state index >= 15 is 0 Å². The van der Waals surface area contributed by atoms with Gasteiger partial charge in [-0.3, -0.25) is 14.5 Å². The van der Waals surface area contributed by atoms with Crippen molar-refractivity contribution in [3.05, 3.63) is 35.4 Å². The first-order valence-corrected chi connectivity index (χ1v) is 8.08. The lowest BCUT2D eigenvalue weighted by Gasteiger charge is -2.31. The number of nitrogens with zero attached hydrogens (tertiary/aromatic N) is 1. The summed E-state index contributed by atoms with van der Waals surface area (Å²) in [6.07, 6.45) is 1.67. The molecule has 0 bridgehead atoms. The minimum Gasteiger partial charge on any atom is -0.353 e. The van der Waals surface area contributed by atoms with Gasteiger partial charge in [0.2, 0.25) is 5.91 Å². The molecule has 1 aromatic rings. The molecule has 1 heterocycles. The number of amides is 1. The summed E-state index contributed by atoms with van der Waals surface area (Å²) in [4.78, 5) is 26.4. The Balaban J connectivity index is 1.83. The van der Waals surface area contributed by atoms with Gasteiger partial charge in [0, 0.05) is 17.5 Å². The van der Waals surface area contributed by atoms with Crippen LogP contribution in [0.15, 0.2) is 24.3 Å². The zero-order valence-electron chi connectivity index (χ0n) is 13.8. The van der Waals surface area contributed by atoms with Crippen molar-refractivity contribution in [1.29, 1.82) is 0 Å². The van der Waals surface area contributed by atoms with Gasteiger partial charge < -0.3 is 5.32 Å². The van der Waals surface area contributed by atoms with Crippen molar-refractivity contribution in [3.8, 4) is 0 Å². The number of hydrogen-bond acceptors (Lipinski definition) is 3. The van der Waals surface area contributed by atoms with Gasteiger partial charge in [0.1, 0.15) is 0 Å². The van der Waals surface area contributed by atoms with Crippen molar-refractivity contribution in [2.45, 2.75) is 39.7 Å². The van der Waals surface area contributed by atoms with E-state index in [1.807, 2.05) is 45.0 Å². The third-order valence-electron chi connectivity index (χ3n) is 4.11. The molecular weight excluding hydrogens is 276 g/mol. The first-order valence-electron chi connectivity index (χ1n) is 8.08. The first kappa shape index (κ1) is 16.7. The second-order valence-corrected chi connectivity index (χ2v) is 6.50. The van der Waals surface area contributed by atoms with Crippen LogP contribution in [0.2, 0.25) is 0 Å². The zero-order chi connectivity index (χ0) is 16.1. The van der Waals surface area contributed by atoms with Gasteiger partial charge in [0.05, 0.1) is 6.54 Å². The third kappa shape index (κ3) is 4.67. The molecule has 0 atom stereocenters. The number of carbonyl (C=O) groups excluding carboxylic acids is 2. The normalized spacial score (nSPS) is 16.7. The van der Waals surface area contributed by atoms with Crippen LogP contribution < -0.4 is 5.32 Å². The van der Waals surface area contributed by atoms with Crippen LogP contribution in [0.4, 0.5) is 0 Å². The maximum atomic E-state index is 12.5. The summed E-state index contributed by atoms with van der Waals surface area (Å²) in [6, 6.07) is 7.98. The molecule has 0 saturated carbocycles. The highest BCUT2D eigenvalue weighted by molar-refractivity contribution is 5.97. The SMILES string of the molecule is Cc1ccc(C(=O)C2CCN(CC(=O)NC(C)C)CC2)cc1. The standard InChI is InChI=1S/C18H26N2O2/c1-13(2)19-17(21)12-20-10-8-16(9-11-20)18(22)15-6-4-14(3)5-7-15/h4-7,13,16H,8-12H2,1-3H3,(H,19,21). The quantitative estimate of drug-likeness (QED) is 0.850. The minimum atomic E-state index is 0.0679. The van der Waals surface area contributed by atoms with Gasteiger partial charge in [-0.15, -0.1) is 0 Å². The Kier molecular flexibility index (Phi) is 5.72. The Hall–Kier alpha value is -1.68. The van der Waals surface area contributed by atoms with Crippen LogP contribution in [0, 0.1) is 12.8 Å².